The highest BCUT2D eigenvalue weighted by atomic mass is 32.2. The van der Waals surface area contributed by atoms with Gasteiger partial charge in [-0.25, -0.2) is 13.2 Å². The lowest BCUT2D eigenvalue weighted by atomic mass is 9.78. The fourth-order valence-electron chi connectivity index (χ4n) is 11.5. The molecule has 402 valence electrons. The van der Waals surface area contributed by atoms with Crippen molar-refractivity contribution in [3.63, 3.8) is 0 Å². The van der Waals surface area contributed by atoms with Crippen LogP contribution < -0.4 is 0 Å². The summed E-state index contributed by atoms with van der Waals surface area (Å²) < 4.78 is 57.6. The van der Waals surface area contributed by atoms with E-state index in [4.69, 9.17) is 23.7 Å². The number of carbonyl (C=O) groups is 4. The third-order valence-corrected chi connectivity index (χ3v) is 17.8. The van der Waals surface area contributed by atoms with Gasteiger partial charge in [0.2, 0.25) is 15.8 Å². The van der Waals surface area contributed by atoms with Gasteiger partial charge in [-0.05, 0) is 127 Å². The first-order chi connectivity index (χ1) is 33.6. The van der Waals surface area contributed by atoms with Crippen LogP contribution in [0.5, 0.6) is 0 Å². The summed E-state index contributed by atoms with van der Waals surface area (Å²) in [4.78, 5) is 58.4. The Hall–Kier alpha value is -3.13. The van der Waals surface area contributed by atoms with Crippen LogP contribution in [0.15, 0.2) is 47.6 Å². The lowest BCUT2D eigenvalue weighted by Crippen LogP contribution is -2.61. The number of hydrogen-bond acceptors (Lipinski definition) is 14. The number of piperidine rings is 1. The number of rotatable bonds is 9. The fourth-order valence-corrected chi connectivity index (χ4v) is 12.8. The molecule has 2 bridgehead atoms. The number of carbonyl (C=O) groups excluding carboxylic acids is 4. The Morgan fingerprint density at radius 3 is 2.24 bits per heavy atom. The molecule has 0 aromatic heterocycles. The van der Waals surface area contributed by atoms with E-state index in [0.29, 0.717) is 63.5 Å². The van der Waals surface area contributed by atoms with Crippen LogP contribution in [0.2, 0.25) is 0 Å². The van der Waals surface area contributed by atoms with Crippen molar-refractivity contribution in [1.82, 2.24) is 9.21 Å². The summed E-state index contributed by atoms with van der Waals surface area (Å²) in [5.41, 5.74) is 1.31. The van der Waals surface area contributed by atoms with Crippen LogP contribution in [0.1, 0.15) is 132 Å². The van der Waals surface area contributed by atoms with Crippen molar-refractivity contribution >= 4 is 33.5 Å². The highest BCUT2D eigenvalue weighted by Gasteiger charge is 2.54. The zero-order valence-electron chi connectivity index (χ0n) is 43.9. The second-order valence-corrected chi connectivity index (χ2v) is 23.5. The van der Waals surface area contributed by atoms with E-state index in [1.165, 1.54) is 16.3 Å². The van der Waals surface area contributed by atoms with Crippen LogP contribution in [-0.2, 0) is 52.9 Å². The van der Waals surface area contributed by atoms with E-state index < -0.39 is 81.8 Å². The topological polar surface area (TPSA) is 216 Å². The summed E-state index contributed by atoms with van der Waals surface area (Å²) >= 11 is 0. The summed E-state index contributed by atoms with van der Waals surface area (Å²) in [6.45, 7) is 13.7. The first-order valence-electron chi connectivity index (χ1n) is 26.3. The maximum absolute atomic E-state index is 14.5. The van der Waals surface area contributed by atoms with Crippen LogP contribution in [-0.4, -0.2) is 157 Å². The van der Waals surface area contributed by atoms with Crippen molar-refractivity contribution in [3.8, 4) is 0 Å². The molecule has 1 amide bonds. The number of cyclic esters (lactones) is 1. The maximum Gasteiger partial charge on any atom is 0.329 e. The van der Waals surface area contributed by atoms with E-state index in [1.807, 2.05) is 64.2 Å². The van der Waals surface area contributed by atoms with Crippen molar-refractivity contribution in [2.45, 2.75) is 186 Å². The minimum absolute atomic E-state index is 0.00306. The first kappa shape index (κ1) is 58.8. The smallest absolute Gasteiger partial charge is 0.329 e. The van der Waals surface area contributed by atoms with E-state index in [1.54, 1.807) is 21.0 Å². The zero-order chi connectivity index (χ0) is 52.2. The van der Waals surface area contributed by atoms with Crippen LogP contribution >= 0.6 is 0 Å². The number of fused-ring (bicyclic) bond motifs is 3. The monoisotopic (exact) mass is 1020 g/mol. The molecule has 1 saturated carbocycles. The van der Waals surface area contributed by atoms with Crippen molar-refractivity contribution in [2.75, 3.05) is 46.3 Å². The van der Waals surface area contributed by atoms with Crippen molar-refractivity contribution in [2.24, 2.45) is 35.5 Å². The summed E-state index contributed by atoms with van der Waals surface area (Å²) in [5, 5.41) is 33.0. The standard InChI is InChI=1S/C54H86N2O14S/c1-34-15-11-10-12-16-36(3)44(56-25-28-71(56,64)65)33-42-21-19-40(7)54(63,70-42)51(60)52(61)55-24-14-13-17-43(55)53(62)69-45(37(4)31-41-20-23-46(68-27-26-57)47(32-41)66-8)22-18-35(2)30-39(6)49(59)50(67-9)48(58)38(5)29-34/h10-12,15-16,30,34-35,37-38,40-47,49-50,57,59,63H,13-14,17-29,31-33H2,1-9H3/b12-10+,15-11+,36-16+,39-30+/t34-,35+,37-,38-,40-,41+,42+,43+,44?,45+,46-,47-,49-,50+,54-/m1/s1. The highest BCUT2D eigenvalue weighted by molar-refractivity contribution is 7.90. The lowest BCUT2D eigenvalue weighted by Gasteiger charge is -2.44. The third-order valence-electron chi connectivity index (χ3n) is 15.9. The number of allylic oxidation sites excluding steroid dienone is 6. The Kier molecular flexibility index (Phi) is 22.3. The maximum atomic E-state index is 14.5. The number of ether oxygens (including phenoxy) is 5. The van der Waals surface area contributed by atoms with Gasteiger partial charge in [-0.15, -0.1) is 0 Å². The van der Waals surface area contributed by atoms with Gasteiger partial charge in [-0.3, -0.25) is 14.4 Å². The van der Waals surface area contributed by atoms with Gasteiger partial charge in [0.1, 0.15) is 24.4 Å². The molecule has 4 fully saturated rings. The normalized spacial score (nSPS) is 39.9. The molecule has 3 N–H and O–H groups in total. The van der Waals surface area contributed by atoms with Gasteiger partial charge in [0.05, 0.1) is 37.3 Å². The summed E-state index contributed by atoms with van der Waals surface area (Å²) in [5.74, 6) is -6.73. The van der Waals surface area contributed by atoms with E-state index in [0.717, 1.165) is 24.8 Å². The molecule has 0 radical (unpaired) electrons. The van der Waals surface area contributed by atoms with Crippen LogP contribution in [0.4, 0.5) is 0 Å². The van der Waals surface area contributed by atoms with E-state index >= 15 is 0 Å². The Labute approximate surface area is 423 Å². The largest absolute Gasteiger partial charge is 0.461 e. The van der Waals surface area contributed by atoms with Gasteiger partial charge >= 0.3 is 5.97 Å². The Balaban J connectivity index is 1.47. The summed E-state index contributed by atoms with van der Waals surface area (Å²) in [7, 11) is -0.457. The number of amides is 1. The molecule has 0 spiro atoms. The average molecular weight is 1020 g/mol. The molecular weight excluding hydrogens is 933 g/mol. The molecule has 1 aliphatic carbocycles. The summed E-state index contributed by atoms with van der Waals surface area (Å²) in [6, 6.07) is -1.72. The van der Waals surface area contributed by atoms with E-state index in [-0.39, 0.29) is 80.0 Å². The predicted molar refractivity (Wildman–Crippen MR) is 269 cm³/mol. The zero-order valence-corrected chi connectivity index (χ0v) is 44.7. The molecular formula is C54H86N2O14S. The Morgan fingerprint density at radius 1 is 0.831 bits per heavy atom. The molecule has 5 aliphatic rings. The van der Waals surface area contributed by atoms with Crippen molar-refractivity contribution in [1.29, 1.82) is 0 Å². The van der Waals surface area contributed by atoms with Crippen molar-refractivity contribution in [3.05, 3.63) is 47.6 Å². The lowest BCUT2D eigenvalue weighted by molar-refractivity contribution is -0.264. The van der Waals surface area contributed by atoms with Gasteiger partial charge in [0.25, 0.3) is 11.7 Å². The number of ketones is 2. The molecule has 4 heterocycles. The average Bonchev–Trinajstić information content (AvgIpc) is 3.34. The van der Waals surface area contributed by atoms with E-state index in [2.05, 4.69) is 6.92 Å². The minimum atomic E-state index is -3.54. The number of hydrogen-bond donors (Lipinski definition) is 3. The molecule has 1 unspecified atom stereocenters. The number of Topliss-reactive ketones (excluding diaryl/α,β-unsaturated/α-hetero) is 2. The minimum Gasteiger partial charge on any atom is -0.461 e. The van der Waals surface area contributed by atoms with Gasteiger partial charge in [0, 0.05) is 45.2 Å². The molecule has 71 heavy (non-hydrogen) atoms. The molecule has 0 aromatic rings. The molecule has 15 atom stereocenters. The molecule has 5 rings (SSSR count). The van der Waals surface area contributed by atoms with Crippen molar-refractivity contribution < 1.29 is 66.6 Å². The fraction of sp³-hybridized carbons (Fsp3) is 0.778. The van der Waals surface area contributed by atoms with Crippen LogP contribution in [0, 0.1) is 35.5 Å². The van der Waals surface area contributed by atoms with Crippen LogP contribution in [0.25, 0.3) is 0 Å². The quantitative estimate of drug-likeness (QED) is 0.137. The Bertz CT molecular complexity index is 2040. The number of nitrogens with zero attached hydrogens (tertiary/aromatic N) is 2. The van der Waals surface area contributed by atoms with E-state index in [9.17, 15) is 42.9 Å². The number of esters is 1. The summed E-state index contributed by atoms with van der Waals surface area (Å²) in [6.07, 6.45) is 14.2. The van der Waals surface area contributed by atoms with Crippen LogP contribution in [0.3, 0.4) is 0 Å². The van der Waals surface area contributed by atoms with Gasteiger partial charge in [0.15, 0.2) is 5.78 Å². The van der Waals surface area contributed by atoms with Gasteiger partial charge in [-0.1, -0.05) is 76.6 Å². The second-order valence-electron chi connectivity index (χ2n) is 21.5. The number of sulfonamides is 1. The predicted octanol–water partition coefficient (Wildman–Crippen LogP) is 6.02. The third kappa shape index (κ3) is 15.2. The first-order valence-corrected chi connectivity index (χ1v) is 27.9. The number of aliphatic hydroxyl groups is 3. The van der Waals surface area contributed by atoms with Gasteiger partial charge < -0.3 is 43.9 Å². The molecule has 16 nitrogen and oxygen atoms in total. The SMILES string of the molecule is CO[C@@H]1C[C@H](C[C@@H](C)[C@@H]2CC[C@H](C)/C=C(\C)[C@@H](O)[C@@H](OC)C(=O)[C@H](C)C[C@H](C)/C=C/C=C/C=C(\C)C(N3CCS3(=O)=O)C[C@@H]3CC[C@@H](C)[C@@](O)(O3)C(=O)C(=O)N3CCCC[C@H]3C(=O)O2)CC[C@H]1OCCO. The number of aliphatic hydroxyl groups excluding tert-OH is 2. The number of methoxy groups -OCH3 is 2. The second kappa shape index (κ2) is 26.9. The van der Waals surface area contributed by atoms with Gasteiger partial charge in [-0.2, -0.15) is 4.31 Å². The molecule has 0 aromatic carbocycles. The Morgan fingerprint density at radius 2 is 1.58 bits per heavy atom. The molecule has 17 heteroatoms. The highest BCUT2D eigenvalue weighted by Crippen LogP contribution is 2.39. The molecule has 4 aliphatic heterocycles. The molecule has 3 saturated heterocycles.